The highest BCUT2D eigenvalue weighted by Crippen LogP contribution is 2.17. The van der Waals surface area contributed by atoms with Gasteiger partial charge in [0.05, 0.1) is 91.3 Å². The average Bonchev–Trinajstić information content (AvgIpc) is 3.60. The summed E-state index contributed by atoms with van der Waals surface area (Å²) in [7, 11) is 1.50. The molecule has 0 aliphatic carbocycles. The van der Waals surface area contributed by atoms with Gasteiger partial charge < -0.3 is 49.7 Å². The minimum absolute atomic E-state index is 0.0551. The molecule has 0 bridgehead atoms. The van der Waals surface area contributed by atoms with Crippen molar-refractivity contribution in [1.29, 1.82) is 0 Å². The second-order valence-corrected chi connectivity index (χ2v) is 11.5. The Bertz CT molecular complexity index is 902. The van der Waals surface area contributed by atoms with Crippen LogP contribution in [0.3, 0.4) is 0 Å². The number of nitrogens with two attached hydrogens (primary N) is 1. The SMILES string of the molecule is CC(=O)NCCOCCOCCOCCOCCOCCN1CC(CCCCCCCCC=O)N=N1.CN.OCCCC(O)c1ccccc1. The molecular weight excluding hydrogens is 646 g/mol. The van der Waals surface area contributed by atoms with Crippen molar-refractivity contribution in [1.82, 2.24) is 10.3 Å². The van der Waals surface area contributed by atoms with E-state index in [0.717, 1.165) is 44.2 Å². The van der Waals surface area contributed by atoms with Gasteiger partial charge in [0.25, 0.3) is 0 Å². The maximum atomic E-state index is 10.7. The van der Waals surface area contributed by atoms with Crippen LogP contribution in [0.15, 0.2) is 40.7 Å². The summed E-state index contributed by atoms with van der Waals surface area (Å²) in [6.45, 7) is 9.01. The first-order valence-electron chi connectivity index (χ1n) is 18.2. The normalized spacial score (nSPS) is 14.0. The van der Waals surface area contributed by atoms with Crippen molar-refractivity contribution >= 4 is 12.2 Å². The molecule has 5 N–H and O–H groups in total. The Labute approximate surface area is 300 Å². The molecule has 1 heterocycles. The van der Waals surface area contributed by atoms with Crippen LogP contribution in [-0.4, -0.2) is 133 Å². The van der Waals surface area contributed by atoms with E-state index in [0.29, 0.717) is 97.9 Å². The third-order valence-corrected chi connectivity index (χ3v) is 7.29. The number of ether oxygens (including phenoxy) is 5. The van der Waals surface area contributed by atoms with Crippen molar-refractivity contribution < 1.29 is 43.5 Å². The van der Waals surface area contributed by atoms with Crippen LogP contribution in [0.2, 0.25) is 0 Å². The van der Waals surface area contributed by atoms with E-state index >= 15 is 0 Å². The standard InChI is InChI=1S/C25H48N4O7.C10H14O2.CH5N/c1-24(31)26-10-13-32-15-17-34-19-21-36-22-20-35-18-16-33-14-11-29-23-25(27-28-29)9-7-5-3-2-4-6-8-12-30;11-8-4-7-10(12)9-5-2-1-3-6-9;1-2/h12,25H,2-11,13-23H2,1H3,(H,26,31);1-3,5-6,10-12H,4,7-8H2;2H2,1H3. The van der Waals surface area contributed by atoms with E-state index in [2.05, 4.69) is 21.4 Å². The van der Waals surface area contributed by atoms with Gasteiger partial charge in [0.2, 0.25) is 5.91 Å². The smallest absolute Gasteiger partial charge is 0.216 e. The highest BCUT2D eigenvalue weighted by Gasteiger charge is 2.18. The van der Waals surface area contributed by atoms with Gasteiger partial charge in [0.1, 0.15) is 6.29 Å². The number of nitrogens with one attached hydrogen (secondary N) is 1. The van der Waals surface area contributed by atoms with Crippen molar-refractivity contribution in [3.05, 3.63) is 35.9 Å². The van der Waals surface area contributed by atoms with Crippen LogP contribution in [0.1, 0.15) is 82.8 Å². The molecule has 14 heteroatoms. The van der Waals surface area contributed by atoms with Gasteiger partial charge in [0.15, 0.2) is 0 Å². The van der Waals surface area contributed by atoms with Gasteiger partial charge >= 0.3 is 0 Å². The van der Waals surface area contributed by atoms with Crippen LogP contribution < -0.4 is 11.1 Å². The number of hydrogen-bond acceptors (Lipinski definition) is 13. The molecule has 1 aliphatic heterocycles. The predicted octanol–water partition coefficient (Wildman–Crippen LogP) is 3.64. The van der Waals surface area contributed by atoms with E-state index in [1.165, 1.54) is 39.7 Å². The summed E-state index contributed by atoms with van der Waals surface area (Å²) in [6, 6.07) is 9.81. The molecule has 290 valence electrons. The topological polar surface area (TPSA) is 187 Å². The first-order chi connectivity index (χ1) is 24.6. The lowest BCUT2D eigenvalue weighted by Gasteiger charge is -2.14. The van der Waals surface area contributed by atoms with E-state index in [-0.39, 0.29) is 12.5 Å². The quantitative estimate of drug-likeness (QED) is 0.0650. The largest absolute Gasteiger partial charge is 0.396 e. The Hall–Kier alpha value is -2.56. The van der Waals surface area contributed by atoms with Crippen LogP contribution in [-0.2, 0) is 33.3 Å². The van der Waals surface area contributed by atoms with Crippen LogP contribution in [0.4, 0.5) is 0 Å². The Morgan fingerprint density at radius 2 is 1.40 bits per heavy atom. The minimum Gasteiger partial charge on any atom is -0.396 e. The summed E-state index contributed by atoms with van der Waals surface area (Å²) in [6.07, 6.45) is 10.7. The zero-order chi connectivity index (χ0) is 36.8. The minimum atomic E-state index is -0.432. The zero-order valence-corrected chi connectivity index (χ0v) is 30.8. The van der Waals surface area contributed by atoms with Gasteiger partial charge in [-0.05, 0) is 38.3 Å². The molecule has 0 saturated carbocycles. The number of aldehydes is 1. The third kappa shape index (κ3) is 31.4. The number of unbranched alkanes of at least 4 members (excludes halogenated alkanes) is 6. The van der Waals surface area contributed by atoms with Crippen LogP contribution in [0.25, 0.3) is 0 Å². The van der Waals surface area contributed by atoms with E-state index in [4.69, 9.17) is 28.8 Å². The fourth-order valence-electron chi connectivity index (χ4n) is 4.64. The Balaban J connectivity index is 0.00000142. The zero-order valence-electron chi connectivity index (χ0n) is 30.8. The molecule has 14 nitrogen and oxygen atoms in total. The Morgan fingerprint density at radius 1 is 0.860 bits per heavy atom. The molecule has 1 aliphatic rings. The van der Waals surface area contributed by atoms with Crippen molar-refractivity contribution in [3.63, 3.8) is 0 Å². The van der Waals surface area contributed by atoms with Gasteiger partial charge in [-0.15, -0.1) is 0 Å². The summed E-state index contributed by atoms with van der Waals surface area (Å²) in [5, 5.41) is 31.4. The number of hydrogen-bond donors (Lipinski definition) is 4. The number of nitrogens with zero attached hydrogens (tertiary/aromatic N) is 3. The molecule has 0 radical (unpaired) electrons. The second kappa shape index (κ2) is 37.7. The predicted molar refractivity (Wildman–Crippen MR) is 194 cm³/mol. The van der Waals surface area contributed by atoms with Gasteiger partial charge in [-0.3, -0.25) is 9.80 Å². The lowest BCUT2D eigenvalue weighted by Crippen LogP contribution is -2.25. The summed E-state index contributed by atoms with van der Waals surface area (Å²) in [5.41, 5.74) is 5.42. The number of aliphatic hydroxyl groups is 2. The average molecular weight is 714 g/mol. The number of carbonyl (C=O) groups is 2. The number of carbonyl (C=O) groups excluding carboxylic acids is 2. The first-order valence-corrected chi connectivity index (χ1v) is 18.2. The van der Waals surface area contributed by atoms with Crippen molar-refractivity contribution in [3.8, 4) is 0 Å². The highest BCUT2D eigenvalue weighted by molar-refractivity contribution is 5.72. The molecule has 0 aromatic heterocycles. The lowest BCUT2D eigenvalue weighted by molar-refractivity contribution is -0.119. The summed E-state index contributed by atoms with van der Waals surface area (Å²) in [5.74, 6) is -0.0551. The van der Waals surface area contributed by atoms with Crippen LogP contribution in [0, 0.1) is 0 Å². The fraction of sp³-hybridized carbons (Fsp3) is 0.778. The molecule has 0 spiro atoms. The van der Waals surface area contributed by atoms with E-state index in [1.54, 1.807) is 0 Å². The summed E-state index contributed by atoms with van der Waals surface area (Å²) < 4.78 is 27.3. The van der Waals surface area contributed by atoms with E-state index < -0.39 is 6.10 Å². The maximum Gasteiger partial charge on any atom is 0.216 e. The number of rotatable bonds is 31. The monoisotopic (exact) mass is 713 g/mol. The molecule has 2 atom stereocenters. The van der Waals surface area contributed by atoms with Gasteiger partial charge in [-0.25, -0.2) is 0 Å². The molecule has 1 amide bonds. The molecule has 0 fully saturated rings. The molecule has 2 unspecified atom stereocenters. The number of amides is 1. The molecule has 1 aromatic carbocycles. The summed E-state index contributed by atoms with van der Waals surface area (Å²) in [4.78, 5) is 21.0. The van der Waals surface area contributed by atoms with E-state index in [1.807, 2.05) is 35.3 Å². The lowest BCUT2D eigenvalue weighted by atomic mass is 10.1. The highest BCUT2D eigenvalue weighted by atomic mass is 16.6. The van der Waals surface area contributed by atoms with Crippen LogP contribution >= 0.6 is 0 Å². The molecule has 50 heavy (non-hydrogen) atoms. The first kappa shape index (κ1) is 47.4. The number of benzene rings is 1. The van der Waals surface area contributed by atoms with E-state index in [9.17, 15) is 14.7 Å². The van der Waals surface area contributed by atoms with Crippen molar-refractivity contribution in [2.24, 2.45) is 16.1 Å². The third-order valence-electron chi connectivity index (χ3n) is 7.29. The Morgan fingerprint density at radius 3 is 1.96 bits per heavy atom. The summed E-state index contributed by atoms with van der Waals surface area (Å²) >= 11 is 0. The van der Waals surface area contributed by atoms with Gasteiger partial charge in [0, 0.05) is 26.5 Å². The Kier molecular flexibility index (Phi) is 35.8. The van der Waals surface area contributed by atoms with Crippen molar-refractivity contribution in [2.45, 2.75) is 83.3 Å². The number of aliphatic hydroxyl groups excluding tert-OH is 2. The molecule has 1 aromatic rings. The van der Waals surface area contributed by atoms with Crippen LogP contribution in [0.5, 0.6) is 0 Å². The second-order valence-electron chi connectivity index (χ2n) is 11.5. The van der Waals surface area contributed by atoms with Crippen molar-refractivity contribution in [2.75, 3.05) is 99.4 Å². The fourth-order valence-corrected chi connectivity index (χ4v) is 4.64. The molecule has 2 rings (SSSR count). The molecular formula is C36H67N5O9. The molecule has 0 saturated heterocycles. The maximum absolute atomic E-state index is 10.7. The van der Waals surface area contributed by atoms with Gasteiger partial charge in [-0.1, -0.05) is 67.7 Å². The van der Waals surface area contributed by atoms with Gasteiger partial charge in [-0.2, -0.15) is 5.11 Å².